The molecule has 7 nitrogen and oxygen atoms in total. The number of hydrogen-bond acceptors (Lipinski definition) is 7. The monoisotopic (exact) mass is 471 g/mol. The zero-order valence-electron chi connectivity index (χ0n) is 18.6. The number of benzene rings is 2. The molecule has 3 aromatic rings. The fourth-order valence-electron chi connectivity index (χ4n) is 3.80. The first-order valence-corrected chi connectivity index (χ1v) is 11.2. The molecule has 1 aromatic heterocycles. The van der Waals surface area contributed by atoms with Crippen LogP contribution >= 0.6 is 11.6 Å². The fraction of sp³-hybridized carbons (Fsp3) is 0.360. The number of esters is 1. The second-order valence-electron chi connectivity index (χ2n) is 8.10. The Bertz CT molecular complexity index is 1170. The van der Waals surface area contributed by atoms with E-state index in [4.69, 9.17) is 30.2 Å². The van der Waals surface area contributed by atoms with E-state index in [0.29, 0.717) is 54.5 Å². The van der Waals surface area contributed by atoms with E-state index in [1.54, 1.807) is 18.2 Å². The normalized spacial score (nSPS) is 17.4. The summed E-state index contributed by atoms with van der Waals surface area (Å²) < 4.78 is 22.1. The summed E-state index contributed by atoms with van der Waals surface area (Å²) in [4.78, 5) is 25.6. The van der Waals surface area contributed by atoms with Gasteiger partial charge >= 0.3 is 5.97 Å². The largest absolute Gasteiger partial charge is 0.491 e. The number of carbonyl (C=O) groups excluding carboxylic acids is 1. The molecule has 0 spiro atoms. The summed E-state index contributed by atoms with van der Waals surface area (Å²) >= 11 is 6.20. The van der Waals surface area contributed by atoms with Crippen LogP contribution in [0.3, 0.4) is 0 Å². The Labute approximate surface area is 196 Å². The molecule has 0 unspecified atom stereocenters. The van der Waals surface area contributed by atoms with Gasteiger partial charge in [0.1, 0.15) is 12.4 Å². The van der Waals surface area contributed by atoms with E-state index < -0.39 is 0 Å². The van der Waals surface area contributed by atoms with Gasteiger partial charge < -0.3 is 23.5 Å². The molecule has 1 heterocycles. The molecule has 174 valence electrons. The number of ether oxygens (including phenoxy) is 3. The van der Waals surface area contributed by atoms with Gasteiger partial charge in [-0.1, -0.05) is 29.8 Å². The zero-order chi connectivity index (χ0) is 23.4. The van der Waals surface area contributed by atoms with Gasteiger partial charge in [0.15, 0.2) is 16.9 Å². The summed E-state index contributed by atoms with van der Waals surface area (Å²) in [5, 5.41) is 0.872. The maximum atomic E-state index is 12.4. The van der Waals surface area contributed by atoms with Crippen LogP contribution in [0.2, 0.25) is 5.02 Å². The van der Waals surface area contributed by atoms with Crippen LogP contribution in [0, 0.1) is 5.92 Å². The third-order valence-corrected chi connectivity index (χ3v) is 6.05. The molecule has 0 aliphatic heterocycles. The van der Waals surface area contributed by atoms with E-state index in [9.17, 15) is 9.59 Å². The van der Waals surface area contributed by atoms with Crippen LogP contribution in [0.1, 0.15) is 18.4 Å². The van der Waals surface area contributed by atoms with Gasteiger partial charge in [-0.05, 0) is 42.7 Å². The fourth-order valence-corrected chi connectivity index (χ4v) is 4.01. The van der Waals surface area contributed by atoms with E-state index in [1.165, 1.54) is 13.2 Å². The van der Waals surface area contributed by atoms with E-state index >= 15 is 0 Å². The van der Waals surface area contributed by atoms with Gasteiger partial charge in [0.05, 0.1) is 36.1 Å². The molecule has 2 aromatic carbocycles. The van der Waals surface area contributed by atoms with E-state index in [2.05, 4.69) is 0 Å². The molecule has 1 aliphatic rings. The first kappa shape index (κ1) is 23.1. The number of rotatable bonds is 9. The van der Waals surface area contributed by atoms with E-state index in [-0.39, 0.29) is 23.4 Å². The Kier molecular flexibility index (Phi) is 7.20. The zero-order valence-corrected chi connectivity index (χ0v) is 19.3. The predicted molar refractivity (Wildman–Crippen MR) is 126 cm³/mol. The van der Waals surface area contributed by atoms with Gasteiger partial charge in [0.25, 0.3) is 0 Å². The lowest BCUT2D eigenvalue weighted by Crippen LogP contribution is -2.37. The SMILES string of the molecule is COC(=O)C1CC(OCCOc2ccc(CN(C)c3cc(=O)c4cccc(Cl)c4o3)cc2)C1. The summed E-state index contributed by atoms with van der Waals surface area (Å²) in [5.74, 6) is 0.994. The first-order valence-electron chi connectivity index (χ1n) is 10.8. The van der Waals surface area contributed by atoms with Gasteiger partial charge in [0, 0.05) is 19.7 Å². The quantitative estimate of drug-likeness (QED) is 0.337. The summed E-state index contributed by atoms with van der Waals surface area (Å²) in [5.41, 5.74) is 1.29. The first-order chi connectivity index (χ1) is 15.9. The Morgan fingerprint density at radius 3 is 2.64 bits per heavy atom. The molecule has 1 saturated carbocycles. The molecule has 0 radical (unpaired) electrons. The van der Waals surface area contributed by atoms with Crippen LogP contribution in [0.25, 0.3) is 11.0 Å². The highest BCUT2D eigenvalue weighted by molar-refractivity contribution is 6.34. The second kappa shape index (κ2) is 10.3. The van der Waals surface area contributed by atoms with Gasteiger partial charge in [-0.15, -0.1) is 0 Å². The summed E-state index contributed by atoms with van der Waals surface area (Å²) in [7, 11) is 3.26. The molecular weight excluding hydrogens is 446 g/mol. The smallest absolute Gasteiger partial charge is 0.308 e. The summed E-state index contributed by atoms with van der Waals surface area (Å²) in [6, 6.07) is 14.3. The van der Waals surface area contributed by atoms with Crippen molar-refractivity contribution in [3.63, 3.8) is 0 Å². The third kappa shape index (κ3) is 5.49. The average molecular weight is 472 g/mol. The van der Waals surface area contributed by atoms with Gasteiger partial charge in [-0.2, -0.15) is 0 Å². The van der Waals surface area contributed by atoms with Crippen LogP contribution in [-0.4, -0.2) is 39.4 Å². The van der Waals surface area contributed by atoms with E-state index in [1.807, 2.05) is 36.2 Å². The van der Waals surface area contributed by atoms with Crippen molar-refractivity contribution in [1.82, 2.24) is 0 Å². The minimum Gasteiger partial charge on any atom is -0.491 e. The lowest BCUT2D eigenvalue weighted by Gasteiger charge is -2.32. The highest BCUT2D eigenvalue weighted by atomic mass is 35.5. The van der Waals surface area contributed by atoms with Crippen LogP contribution < -0.4 is 15.1 Å². The molecule has 0 bridgehead atoms. The standard InChI is InChI=1S/C25H26ClNO6/c1-27(23-14-22(28)20-4-3-5-21(26)24(20)33-23)15-16-6-8-18(9-7-16)31-10-11-32-19-12-17(13-19)25(29)30-2/h3-9,14,17,19H,10-13,15H2,1-2H3. The summed E-state index contributed by atoms with van der Waals surface area (Å²) in [6.07, 6.45) is 1.51. The van der Waals surface area contributed by atoms with Crippen molar-refractivity contribution in [2.75, 3.05) is 32.3 Å². The molecule has 0 saturated heterocycles. The minimum atomic E-state index is -0.164. The molecule has 33 heavy (non-hydrogen) atoms. The number of halogens is 1. The predicted octanol–water partition coefficient (Wildman–Crippen LogP) is 4.43. The van der Waals surface area contributed by atoms with Crippen molar-refractivity contribution in [2.45, 2.75) is 25.5 Å². The molecular formula is C25H26ClNO6. The van der Waals surface area contributed by atoms with Crippen LogP contribution in [-0.2, 0) is 20.8 Å². The Balaban J connectivity index is 1.26. The van der Waals surface area contributed by atoms with E-state index in [0.717, 1.165) is 11.3 Å². The number of anilines is 1. The van der Waals surface area contributed by atoms with Crippen molar-refractivity contribution in [1.29, 1.82) is 0 Å². The maximum Gasteiger partial charge on any atom is 0.308 e. The molecule has 0 N–H and O–H groups in total. The van der Waals surface area contributed by atoms with Crippen molar-refractivity contribution in [2.24, 2.45) is 5.92 Å². The average Bonchev–Trinajstić information content (AvgIpc) is 2.79. The molecule has 0 amide bonds. The molecule has 4 rings (SSSR count). The van der Waals surface area contributed by atoms with Gasteiger partial charge in [0.2, 0.25) is 0 Å². The van der Waals surface area contributed by atoms with Crippen molar-refractivity contribution in [3.8, 4) is 5.75 Å². The van der Waals surface area contributed by atoms with Gasteiger partial charge in [-0.25, -0.2) is 0 Å². The van der Waals surface area contributed by atoms with Crippen LogP contribution in [0.5, 0.6) is 5.75 Å². The van der Waals surface area contributed by atoms with Crippen LogP contribution in [0.15, 0.2) is 57.7 Å². The number of methoxy groups -OCH3 is 1. The molecule has 1 fully saturated rings. The topological polar surface area (TPSA) is 78.2 Å². The summed E-state index contributed by atoms with van der Waals surface area (Å²) in [6.45, 7) is 1.44. The lowest BCUT2D eigenvalue weighted by molar-refractivity contribution is -0.155. The van der Waals surface area contributed by atoms with Crippen molar-refractivity contribution < 1.29 is 23.4 Å². The highest BCUT2D eigenvalue weighted by Gasteiger charge is 2.35. The number of carbonyl (C=O) groups is 1. The molecule has 8 heteroatoms. The minimum absolute atomic E-state index is 0.0359. The number of para-hydroxylation sites is 1. The highest BCUT2D eigenvalue weighted by Crippen LogP contribution is 2.31. The van der Waals surface area contributed by atoms with Crippen molar-refractivity contribution >= 4 is 34.4 Å². The second-order valence-corrected chi connectivity index (χ2v) is 8.51. The molecule has 0 atom stereocenters. The lowest BCUT2D eigenvalue weighted by atomic mass is 9.82. The Morgan fingerprint density at radius 2 is 1.91 bits per heavy atom. The third-order valence-electron chi connectivity index (χ3n) is 5.75. The Hall–Kier alpha value is -3.03. The van der Waals surface area contributed by atoms with Gasteiger partial charge in [-0.3, -0.25) is 9.59 Å². The molecule has 1 aliphatic carbocycles. The van der Waals surface area contributed by atoms with Crippen LogP contribution in [0.4, 0.5) is 5.88 Å². The number of hydrogen-bond donors (Lipinski definition) is 0. The Morgan fingerprint density at radius 1 is 1.15 bits per heavy atom. The number of nitrogens with zero attached hydrogens (tertiary/aromatic N) is 1. The number of fused-ring (bicyclic) bond motifs is 1. The van der Waals surface area contributed by atoms with Crippen molar-refractivity contribution in [3.05, 3.63) is 69.3 Å². The maximum absolute atomic E-state index is 12.4.